The van der Waals surface area contributed by atoms with Gasteiger partial charge in [0, 0.05) is 5.69 Å². The summed E-state index contributed by atoms with van der Waals surface area (Å²) in [5.74, 6) is -1.04. The van der Waals surface area contributed by atoms with Crippen LogP contribution in [0.15, 0.2) is 6.07 Å². The zero-order chi connectivity index (χ0) is 10.9. The molecule has 0 bridgehead atoms. The molecular weight excluding hydrogens is 182 g/mol. The van der Waals surface area contributed by atoms with E-state index in [1.165, 1.54) is 11.5 Å². The van der Waals surface area contributed by atoms with Crippen LogP contribution in [0.3, 0.4) is 0 Å². The molecule has 1 N–H and O–H groups in total. The maximum atomic E-state index is 10.9. The molecule has 14 heavy (non-hydrogen) atoms. The van der Waals surface area contributed by atoms with E-state index in [2.05, 4.69) is 0 Å². The summed E-state index contributed by atoms with van der Waals surface area (Å²) in [6, 6.07) is 1.77. The summed E-state index contributed by atoms with van der Waals surface area (Å²) in [6.07, 6.45) is 0. The predicted octanol–water partition coefficient (Wildman–Crippen LogP) is 1.39. The Bertz CT molecular complexity index is 390. The van der Waals surface area contributed by atoms with Crippen molar-refractivity contribution in [3.05, 3.63) is 23.0 Å². The number of aromatic nitrogens is 1. The van der Waals surface area contributed by atoms with Gasteiger partial charge < -0.3 is 9.67 Å². The number of nitrogens with zero attached hydrogens (tertiary/aromatic N) is 1. The summed E-state index contributed by atoms with van der Waals surface area (Å²) >= 11 is 0. The third kappa shape index (κ3) is 1.84. The lowest BCUT2D eigenvalue weighted by Gasteiger charge is -2.06. The van der Waals surface area contributed by atoms with Gasteiger partial charge in [-0.2, -0.15) is 0 Å². The number of hydrogen-bond donors (Lipinski definition) is 1. The number of ketones is 1. The smallest absolute Gasteiger partial charge is 0.352 e. The third-order valence-electron chi connectivity index (χ3n) is 2.08. The van der Waals surface area contributed by atoms with Crippen LogP contribution in [-0.4, -0.2) is 21.4 Å². The minimum Gasteiger partial charge on any atom is -0.477 e. The molecule has 0 spiro atoms. The summed E-state index contributed by atoms with van der Waals surface area (Å²) in [7, 11) is 0. The van der Waals surface area contributed by atoms with Crippen LogP contribution in [0.4, 0.5) is 0 Å². The number of carbonyl (C=O) groups excluding carboxylic acids is 1. The van der Waals surface area contributed by atoms with Crippen molar-refractivity contribution < 1.29 is 14.7 Å². The third-order valence-corrected chi connectivity index (χ3v) is 2.08. The van der Waals surface area contributed by atoms with Gasteiger partial charge in [0.05, 0.1) is 6.54 Å². The van der Waals surface area contributed by atoms with Crippen LogP contribution < -0.4 is 0 Å². The van der Waals surface area contributed by atoms with E-state index in [9.17, 15) is 9.59 Å². The molecule has 0 saturated heterocycles. The summed E-state index contributed by atoms with van der Waals surface area (Å²) in [4.78, 5) is 21.8. The van der Waals surface area contributed by atoms with Gasteiger partial charge in [-0.1, -0.05) is 0 Å². The fourth-order valence-corrected chi connectivity index (χ4v) is 1.56. The number of carboxylic acids is 1. The maximum absolute atomic E-state index is 10.9. The lowest BCUT2D eigenvalue weighted by molar-refractivity contribution is -0.117. The first-order valence-corrected chi connectivity index (χ1v) is 4.33. The van der Waals surface area contributed by atoms with Gasteiger partial charge >= 0.3 is 5.97 Å². The molecule has 0 unspecified atom stereocenters. The largest absolute Gasteiger partial charge is 0.477 e. The van der Waals surface area contributed by atoms with Crippen LogP contribution in [0, 0.1) is 13.8 Å². The van der Waals surface area contributed by atoms with Crippen molar-refractivity contribution in [3.8, 4) is 0 Å². The van der Waals surface area contributed by atoms with Gasteiger partial charge in [-0.05, 0) is 32.4 Å². The van der Waals surface area contributed by atoms with E-state index in [0.29, 0.717) is 5.56 Å². The minimum atomic E-state index is -0.989. The van der Waals surface area contributed by atoms with Crippen molar-refractivity contribution in [1.29, 1.82) is 0 Å². The van der Waals surface area contributed by atoms with E-state index in [1.54, 1.807) is 19.9 Å². The number of carbonyl (C=O) groups is 2. The SMILES string of the molecule is CC(=O)Cn1c(C)cc(C)c1C(=O)O. The molecular formula is C10H13NO3. The van der Waals surface area contributed by atoms with Crippen molar-refractivity contribution in [2.45, 2.75) is 27.3 Å². The second kappa shape index (κ2) is 3.65. The van der Waals surface area contributed by atoms with Gasteiger partial charge in [-0.3, -0.25) is 4.79 Å². The molecule has 1 aromatic rings. The molecule has 0 aliphatic heterocycles. The zero-order valence-electron chi connectivity index (χ0n) is 8.50. The summed E-state index contributed by atoms with van der Waals surface area (Å²) in [5.41, 5.74) is 1.70. The highest BCUT2D eigenvalue weighted by Gasteiger charge is 2.16. The van der Waals surface area contributed by atoms with Gasteiger partial charge in [0.2, 0.25) is 0 Å². The maximum Gasteiger partial charge on any atom is 0.352 e. The average molecular weight is 195 g/mol. The molecule has 1 aromatic heterocycles. The van der Waals surface area contributed by atoms with Gasteiger partial charge in [-0.25, -0.2) is 4.79 Å². The number of rotatable bonds is 3. The van der Waals surface area contributed by atoms with Crippen LogP contribution in [0.25, 0.3) is 0 Å². The number of hydrogen-bond acceptors (Lipinski definition) is 2. The molecule has 0 saturated carbocycles. The Morgan fingerprint density at radius 2 is 2.00 bits per heavy atom. The Labute approximate surface area is 82.2 Å². The van der Waals surface area contributed by atoms with Crippen LogP contribution in [0.1, 0.15) is 28.7 Å². The number of carboxylic acid groups (broad SMARTS) is 1. The molecule has 1 heterocycles. The summed E-state index contributed by atoms with van der Waals surface area (Å²) < 4.78 is 1.53. The van der Waals surface area contributed by atoms with E-state index in [-0.39, 0.29) is 18.0 Å². The Hall–Kier alpha value is -1.58. The fraction of sp³-hybridized carbons (Fsp3) is 0.400. The highest BCUT2D eigenvalue weighted by Crippen LogP contribution is 2.14. The molecule has 0 aromatic carbocycles. The molecule has 0 radical (unpaired) electrons. The van der Waals surface area contributed by atoms with Crippen molar-refractivity contribution in [2.24, 2.45) is 0 Å². The Balaban J connectivity index is 3.24. The van der Waals surface area contributed by atoms with Crippen LogP contribution in [-0.2, 0) is 11.3 Å². The highest BCUT2D eigenvalue weighted by molar-refractivity contribution is 5.88. The van der Waals surface area contributed by atoms with Gasteiger partial charge in [0.1, 0.15) is 11.5 Å². The van der Waals surface area contributed by atoms with E-state index in [4.69, 9.17) is 5.11 Å². The normalized spacial score (nSPS) is 10.2. The van der Waals surface area contributed by atoms with Gasteiger partial charge in [-0.15, -0.1) is 0 Å². The molecule has 4 heteroatoms. The van der Waals surface area contributed by atoms with E-state index < -0.39 is 5.97 Å². The molecule has 0 aliphatic carbocycles. The number of aromatic carboxylic acids is 1. The minimum absolute atomic E-state index is 0.0498. The molecule has 0 amide bonds. The van der Waals surface area contributed by atoms with Crippen molar-refractivity contribution in [3.63, 3.8) is 0 Å². The second-order valence-electron chi connectivity index (χ2n) is 3.41. The topological polar surface area (TPSA) is 59.3 Å². The van der Waals surface area contributed by atoms with Gasteiger partial charge in [0.15, 0.2) is 0 Å². The first-order chi connectivity index (χ1) is 6.43. The fourth-order valence-electron chi connectivity index (χ4n) is 1.56. The predicted molar refractivity (Wildman–Crippen MR) is 51.5 cm³/mol. The summed E-state index contributed by atoms with van der Waals surface area (Å²) in [5, 5.41) is 8.94. The zero-order valence-corrected chi connectivity index (χ0v) is 8.50. The van der Waals surface area contributed by atoms with Crippen LogP contribution >= 0.6 is 0 Å². The Morgan fingerprint density at radius 1 is 1.43 bits per heavy atom. The van der Waals surface area contributed by atoms with Crippen molar-refractivity contribution in [1.82, 2.24) is 4.57 Å². The first kappa shape index (κ1) is 10.5. The number of aryl methyl sites for hydroxylation is 2. The van der Waals surface area contributed by atoms with E-state index >= 15 is 0 Å². The first-order valence-electron chi connectivity index (χ1n) is 4.33. The second-order valence-corrected chi connectivity index (χ2v) is 3.41. The molecule has 0 atom stereocenters. The molecule has 0 aliphatic rings. The number of Topliss-reactive ketones (excluding diaryl/α,β-unsaturated/α-hetero) is 1. The molecule has 1 rings (SSSR count). The van der Waals surface area contributed by atoms with E-state index in [1.807, 2.05) is 0 Å². The lowest BCUT2D eigenvalue weighted by Crippen LogP contribution is -2.15. The van der Waals surface area contributed by atoms with Crippen molar-refractivity contribution >= 4 is 11.8 Å². The highest BCUT2D eigenvalue weighted by atomic mass is 16.4. The molecule has 76 valence electrons. The van der Waals surface area contributed by atoms with Crippen molar-refractivity contribution in [2.75, 3.05) is 0 Å². The average Bonchev–Trinajstić information content (AvgIpc) is 2.25. The monoisotopic (exact) mass is 195 g/mol. The Morgan fingerprint density at radius 3 is 2.43 bits per heavy atom. The standard InChI is InChI=1S/C10H13NO3/c1-6-4-7(2)11(5-8(3)12)9(6)10(13)14/h4H,5H2,1-3H3,(H,13,14). The van der Waals surface area contributed by atoms with E-state index in [0.717, 1.165) is 5.69 Å². The van der Waals surface area contributed by atoms with Crippen LogP contribution in [0.5, 0.6) is 0 Å². The quantitative estimate of drug-likeness (QED) is 0.792. The summed E-state index contributed by atoms with van der Waals surface area (Å²) in [6.45, 7) is 5.09. The van der Waals surface area contributed by atoms with Crippen LogP contribution in [0.2, 0.25) is 0 Å². The lowest BCUT2D eigenvalue weighted by atomic mass is 10.2. The Kier molecular flexibility index (Phi) is 2.74. The molecule has 0 fully saturated rings. The molecule has 4 nitrogen and oxygen atoms in total. The van der Waals surface area contributed by atoms with Gasteiger partial charge in [0.25, 0.3) is 0 Å².